The fourth-order valence-corrected chi connectivity index (χ4v) is 0.684. The Morgan fingerprint density at radius 3 is 1.24 bits per heavy atom. The predicted molar refractivity (Wildman–Crippen MR) is 40.0 cm³/mol. The number of carbonyl (C=O) groups is 3. The van der Waals surface area contributed by atoms with Crippen LogP contribution in [0.2, 0.25) is 0 Å². The van der Waals surface area contributed by atoms with E-state index >= 15 is 0 Å². The zero-order valence-corrected chi connectivity index (χ0v) is 9.95. The molecule has 0 spiro atoms. The van der Waals surface area contributed by atoms with E-state index in [-0.39, 0.29) is 53.7 Å². The minimum absolute atomic E-state index is 0. The fraction of sp³-hybridized carbons (Fsp3) is 0.500. The number of rotatable bonds is 5. The average molecular weight is 410 g/mol. The molecule has 0 saturated carbocycles. The maximum Gasteiger partial charge on any atom is 3.00 e. The van der Waals surface area contributed by atoms with E-state index < -0.39 is 36.4 Å². The Hall–Kier alpha value is -0.503. The van der Waals surface area contributed by atoms with Gasteiger partial charge in [0.15, 0.2) is 0 Å². The molecule has 17 heavy (non-hydrogen) atoms. The number of hydrogen-bond donors (Lipinski definition) is 1. The molecule has 10 nitrogen and oxygen atoms in total. The average Bonchev–Trinajstić information content (AvgIpc) is 1.82. The zero-order valence-electron chi connectivity index (χ0n) is 8.10. The van der Waals surface area contributed by atoms with Crippen molar-refractivity contribution in [3.63, 3.8) is 0 Å². The van der Waals surface area contributed by atoms with Crippen molar-refractivity contribution in [1.29, 1.82) is 0 Å². The molecule has 107 valence electrons. The van der Waals surface area contributed by atoms with Gasteiger partial charge in [0, 0.05) is 24.8 Å². The van der Waals surface area contributed by atoms with Crippen molar-refractivity contribution >= 4 is 17.9 Å². The monoisotopic (exact) mass is 409 g/mol. The molecule has 0 aromatic rings. The molecule has 0 aromatic carbocycles. The summed E-state index contributed by atoms with van der Waals surface area (Å²) in [5.74, 6) is -5.98. The van der Waals surface area contributed by atoms with Gasteiger partial charge in [0.25, 0.3) is 0 Å². The second-order valence-electron chi connectivity index (χ2n) is 2.42. The van der Waals surface area contributed by atoms with Crippen molar-refractivity contribution in [1.82, 2.24) is 0 Å². The van der Waals surface area contributed by atoms with Crippen molar-refractivity contribution in [3.05, 3.63) is 0 Å². The minimum Gasteiger partial charge on any atom is -0.550 e. The summed E-state index contributed by atoms with van der Waals surface area (Å²) in [7, 11) is 0. The molecule has 0 atom stereocenters. The predicted octanol–water partition coefficient (Wildman–Crippen LogP) is -7.73. The molecule has 0 aliphatic heterocycles. The zero-order chi connectivity index (χ0) is 10.6. The fourth-order valence-electron chi connectivity index (χ4n) is 0.684. The van der Waals surface area contributed by atoms with E-state index in [2.05, 4.69) is 0 Å². The molecule has 0 rings (SSSR count). The van der Waals surface area contributed by atoms with E-state index in [0.29, 0.717) is 0 Å². The van der Waals surface area contributed by atoms with Crippen molar-refractivity contribution < 1.29 is 88.5 Å². The van der Waals surface area contributed by atoms with Crippen LogP contribution in [0.1, 0.15) is 12.8 Å². The molecular weight excluding hydrogens is 399 g/mol. The Bertz CT molecular complexity index is 235. The Kier molecular flexibility index (Phi) is 21.1. The SMILES string of the molecule is O.O.O.O=C([O-])CC(O)(CC(=O)[O-])C(=O)[O-].[Er+3]. The number of carboxylic acid groups (broad SMARTS) is 3. The van der Waals surface area contributed by atoms with Gasteiger partial charge in [0.2, 0.25) is 0 Å². The van der Waals surface area contributed by atoms with Gasteiger partial charge in [-0.2, -0.15) is 0 Å². The van der Waals surface area contributed by atoms with Gasteiger partial charge in [0.1, 0.15) is 5.60 Å². The summed E-state index contributed by atoms with van der Waals surface area (Å²) >= 11 is 0. The summed E-state index contributed by atoms with van der Waals surface area (Å²) < 4.78 is 0. The first-order valence-corrected chi connectivity index (χ1v) is 3.11. The van der Waals surface area contributed by atoms with Crippen molar-refractivity contribution in [2.24, 2.45) is 0 Å². The number of aliphatic carboxylic acids is 3. The van der Waals surface area contributed by atoms with Crippen LogP contribution < -0.4 is 15.3 Å². The van der Waals surface area contributed by atoms with Crippen LogP contribution in [0, 0.1) is 37.3 Å². The van der Waals surface area contributed by atoms with Crippen LogP contribution in [0.25, 0.3) is 0 Å². The summed E-state index contributed by atoms with van der Waals surface area (Å²) in [6.45, 7) is 0. The van der Waals surface area contributed by atoms with Gasteiger partial charge < -0.3 is 51.2 Å². The molecule has 7 N–H and O–H groups in total. The van der Waals surface area contributed by atoms with Crippen molar-refractivity contribution in [2.75, 3.05) is 0 Å². The van der Waals surface area contributed by atoms with Gasteiger partial charge in [0.05, 0.1) is 5.97 Å². The smallest absolute Gasteiger partial charge is 0.550 e. The third-order valence-electron chi connectivity index (χ3n) is 1.25. The largest absolute Gasteiger partial charge is 3.00 e. The second kappa shape index (κ2) is 12.0. The Morgan fingerprint density at radius 2 is 1.12 bits per heavy atom. The molecule has 0 fully saturated rings. The molecule has 1 radical (unpaired) electrons. The van der Waals surface area contributed by atoms with Crippen LogP contribution >= 0.6 is 0 Å². The van der Waals surface area contributed by atoms with Gasteiger partial charge in [-0.1, -0.05) is 0 Å². The van der Waals surface area contributed by atoms with E-state index in [9.17, 15) is 29.7 Å². The first-order valence-electron chi connectivity index (χ1n) is 3.11. The summed E-state index contributed by atoms with van der Waals surface area (Å²) in [5.41, 5.74) is -2.97. The summed E-state index contributed by atoms with van der Waals surface area (Å²) in [6, 6.07) is 0. The molecule has 0 saturated heterocycles. The Labute approximate surface area is 124 Å². The number of carboxylic acids is 3. The standard InChI is InChI=1S/C6H8O7.Er.3H2O/c7-3(8)1-6(13,5(11)12)2-4(9)10;;;;/h13H,1-2H2,(H,7,8)(H,9,10)(H,11,12);;3*1H2/q;+3;;;/p-3. The quantitative estimate of drug-likeness (QED) is 0.458. The van der Waals surface area contributed by atoms with Crippen molar-refractivity contribution in [3.8, 4) is 0 Å². The van der Waals surface area contributed by atoms with Gasteiger partial charge in [-0.15, -0.1) is 0 Å². The molecule has 0 aliphatic rings. The van der Waals surface area contributed by atoms with E-state index in [0.717, 1.165) is 0 Å². The third-order valence-corrected chi connectivity index (χ3v) is 1.25. The summed E-state index contributed by atoms with van der Waals surface area (Å²) in [6.07, 6.45) is -2.72. The van der Waals surface area contributed by atoms with Crippen LogP contribution in [0.4, 0.5) is 0 Å². The molecule has 0 aliphatic carbocycles. The maximum atomic E-state index is 10.1. The van der Waals surface area contributed by atoms with Gasteiger partial charge in [-0.3, -0.25) is 0 Å². The normalized spacial score (nSPS) is 8.29. The van der Waals surface area contributed by atoms with E-state index in [1.54, 1.807) is 0 Å². The third kappa shape index (κ3) is 11.8. The molecule has 0 amide bonds. The molecule has 0 heterocycles. The summed E-state index contributed by atoms with van der Waals surface area (Å²) in [4.78, 5) is 30.0. The number of hydrogen-bond acceptors (Lipinski definition) is 7. The van der Waals surface area contributed by atoms with Gasteiger partial charge >= 0.3 is 37.3 Å². The molecular formula is C6H11ErO10. The molecule has 11 heteroatoms. The minimum atomic E-state index is -2.97. The van der Waals surface area contributed by atoms with E-state index in [4.69, 9.17) is 5.11 Å². The van der Waals surface area contributed by atoms with Crippen molar-refractivity contribution in [2.45, 2.75) is 18.4 Å². The first-order chi connectivity index (χ1) is 5.78. The Balaban J connectivity index is -0.000000120. The Morgan fingerprint density at radius 1 is 0.882 bits per heavy atom. The van der Waals surface area contributed by atoms with Crippen LogP contribution in [0.15, 0.2) is 0 Å². The molecule has 0 bridgehead atoms. The summed E-state index contributed by atoms with van der Waals surface area (Å²) in [5, 5.41) is 38.9. The molecule has 0 aromatic heterocycles. The van der Waals surface area contributed by atoms with Crippen LogP contribution in [-0.4, -0.2) is 45.0 Å². The topological polar surface area (TPSA) is 235 Å². The first kappa shape index (κ1) is 30.0. The van der Waals surface area contributed by atoms with E-state index in [1.165, 1.54) is 0 Å². The van der Waals surface area contributed by atoms with Crippen LogP contribution in [0.3, 0.4) is 0 Å². The second-order valence-corrected chi connectivity index (χ2v) is 2.42. The van der Waals surface area contributed by atoms with Crippen LogP contribution in [0.5, 0.6) is 0 Å². The number of carbonyl (C=O) groups excluding carboxylic acids is 3. The maximum absolute atomic E-state index is 10.1. The van der Waals surface area contributed by atoms with E-state index in [1.807, 2.05) is 0 Å². The van der Waals surface area contributed by atoms with Gasteiger partial charge in [-0.25, -0.2) is 0 Å². The van der Waals surface area contributed by atoms with Crippen LogP contribution in [-0.2, 0) is 14.4 Å². The van der Waals surface area contributed by atoms with Gasteiger partial charge in [-0.05, 0) is 0 Å². The number of aliphatic hydroxyl groups is 1. The molecule has 0 unspecified atom stereocenters.